The molecule has 1 saturated carbocycles. The van der Waals surface area contributed by atoms with Crippen molar-refractivity contribution in [1.29, 1.82) is 0 Å². The second-order valence-corrected chi connectivity index (χ2v) is 6.60. The Morgan fingerprint density at radius 2 is 2.00 bits per heavy atom. The van der Waals surface area contributed by atoms with Crippen molar-refractivity contribution in [2.24, 2.45) is 11.8 Å². The number of carbonyl (C=O) groups is 2. The highest BCUT2D eigenvalue weighted by Gasteiger charge is 2.57. The summed E-state index contributed by atoms with van der Waals surface area (Å²) in [6, 6.07) is -0.337. The van der Waals surface area contributed by atoms with E-state index in [4.69, 9.17) is 0 Å². The van der Waals surface area contributed by atoms with Crippen LogP contribution in [0, 0.1) is 11.8 Å². The van der Waals surface area contributed by atoms with Gasteiger partial charge in [-0.1, -0.05) is 33.6 Å². The molecule has 4 nitrogen and oxygen atoms in total. The fraction of sp³-hybridized carbons (Fsp3) is 0.875. The number of piperazine rings is 1. The molecule has 2 amide bonds. The first kappa shape index (κ1) is 15.3. The first-order valence-electron chi connectivity index (χ1n) is 8.09. The van der Waals surface area contributed by atoms with Crippen molar-refractivity contribution in [3.05, 3.63) is 0 Å². The quantitative estimate of drug-likeness (QED) is 0.812. The van der Waals surface area contributed by atoms with Crippen LogP contribution < -0.4 is 5.32 Å². The monoisotopic (exact) mass is 280 g/mol. The van der Waals surface area contributed by atoms with Crippen LogP contribution in [0.1, 0.15) is 59.8 Å². The molecule has 2 rings (SSSR count). The van der Waals surface area contributed by atoms with Gasteiger partial charge in [-0.3, -0.25) is 9.59 Å². The van der Waals surface area contributed by atoms with Gasteiger partial charge in [0.25, 0.3) is 0 Å². The fourth-order valence-electron chi connectivity index (χ4n) is 3.20. The Balaban J connectivity index is 2.26. The molecule has 0 radical (unpaired) electrons. The van der Waals surface area contributed by atoms with Gasteiger partial charge in [-0.25, -0.2) is 0 Å². The summed E-state index contributed by atoms with van der Waals surface area (Å²) in [6.45, 7) is 8.90. The van der Waals surface area contributed by atoms with E-state index in [1.165, 1.54) is 0 Å². The normalized spacial score (nSPS) is 32.2. The molecule has 4 heteroatoms. The molecule has 1 aliphatic heterocycles. The lowest BCUT2D eigenvalue weighted by atomic mass is 9.84. The number of carbonyl (C=O) groups excluding carboxylic acids is 2. The number of nitrogens with zero attached hydrogens (tertiary/aromatic N) is 1. The molecule has 20 heavy (non-hydrogen) atoms. The molecular formula is C16H28N2O2. The summed E-state index contributed by atoms with van der Waals surface area (Å²) < 4.78 is 0. The van der Waals surface area contributed by atoms with Crippen LogP contribution in [0.2, 0.25) is 0 Å². The molecule has 0 aromatic heterocycles. The Kier molecular flexibility index (Phi) is 4.40. The largest absolute Gasteiger partial charge is 0.342 e. The third kappa shape index (κ3) is 2.45. The molecule has 3 atom stereocenters. The minimum atomic E-state index is -0.615. The molecule has 1 aliphatic carbocycles. The van der Waals surface area contributed by atoms with Crippen molar-refractivity contribution in [3.8, 4) is 0 Å². The maximum atomic E-state index is 12.8. The lowest BCUT2D eigenvalue weighted by Gasteiger charge is -2.48. The number of hydrogen-bond donors (Lipinski definition) is 1. The van der Waals surface area contributed by atoms with E-state index in [9.17, 15) is 9.59 Å². The third-order valence-corrected chi connectivity index (χ3v) is 5.16. The lowest BCUT2D eigenvalue weighted by Crippen LogP contribution is -2.71. The van der Waals surface area contributed by atoms with Crippen LogP contribution in [0.5, 0.6) is 0 Å². The van der Waals surface area contributed by atoms with Gasteiger partial charge in [-0.15, -0.1) is 0 Å². The van der Waals surface area contributed by atoms with Crippen LogP contribution in [0.3, 0.4) is 0 Å². The van der Waals surface area contributed by atoms with Gasteiger partial charge >= 0.3 is 0 Å². The molecule has 1 N–H and O–H groups in total. The predicted molar refractivity (Wildman–Crippen MR) is 79.1 cm³/mol. The molecule has 1 heterocycles. The van der Waals surface area contributed by atoms with Crippen molar-refractivity contribution < 1.29 is 9.59 Å². The molecule has 3 unspecified atom stereocenters. The van der Waals surface area contributed by atoms with Crippen molar-refractivity contribution in [1.82, 2.24) is 10.2 Å². The van der Waals surface area contributed by atoms with E-state index in [0.717, 1.165) is 32.1 Å². The zero-order valence-corrected chi connectivity index (χ0v) is 13.2. The lowest BCUT2D eigenvalue weighted by molar-refractivity contribution is -0.159. The maximum absolute atomic E-state index is 12.8. The zero-order chi connectivity index (χ0) is 14.9. The highest BCUT2D eigenvalue weighted by molar-refractivity contribution is 6.00. The van der Waals surface area contributed by atoms with Gasteiger partial charge in [0.15, 0.2) is 0 Å². The topological polar surface area (TPSA) is 49.4 Å². The van der Waals surface area contributed by atoms with E-state index in [1.807, 2.05) is 18.7 Å². The van der Waals surface area contributed by atoms with Crippen LogP contribution in [0.15, 0.2) is 0 Å². The maximum Gasteiger partial charge on any atom is 0.246 e. The number of unbranched alkanes of at least 4 members (excludes halogenated alkanes) is 1. The summed E-state index contributed by atoms with van der Waals surface area (Å²) in [5.74, 6) is 0.725. The Hall–Kier alpha value is -1.06. The van der Waals surface area contributed by atoms with Crippen molar-refractivity contribution in [2.75, 3.05) is 6.54 Å². The van der Waals surface area contributed by atoms with Crippen LogP contribution in [-0.4, -0.2) is 34.8 Å². The summed E-state index contributed by atoms with van der Waals surface area (Å²) in [6.07, 6.45) is 5.04. The van der Waals surface area contributed by atoms with E-state index in [1.54, 1.807) is 0 Å². The van der Waals surface area contributed by atoms with Crippen molar-refractivity contribution >= 4 is 11.8 Å². The highest BCUT2D eigenvalue weighted by Crippen LogP contribution is 2.45. The molecule has 2 aliphatic rings. The number of nitrogens with one attached hydrogen (secondary N) is 1. The van der Waals surface area contributed by atoms with Gasteiger partial charge in [0.05, 0.1) is 0 Å². The van der Waals surface area contributed by atoms with Gasteiger partial charge in [-0.05, 0) is 38.0 Å². The summed E-state index contributed by atoms with van der Waals surface area (Å²) >= 11 is 0. The second kappa shape index (κ2) is 5.74. The summed E-state index contributed by atoms with van der Waals surface area (Å²) in [5.41, 5.74) is -0.615. The van der Waals surface area contributed by atoms with E-state index in [0.29, 0.717) is 12.5 Å². The minimum Gasteiger partial charge on any atom is -0.342 e. The molecular weight excluding hydrogens is 252 g/mol. The molecule has 114 valence electrons. The van der Waals surface area contributed by atoms with E-state index >= 15 is 0 Å². The van der Waals surface area contributed by atoms with Crippen LogP contribution in [-0.2, 0) is 9.59 Å². The molecule has 1 saturated heterocycles. The summed E-state index contributed by atoms with van der Waals surface area (Å²) in [7, 11) is 0. The van der Waals surface area contributed by atoms with Crippen LogP contribution >= 0.6 is 0 Å². The van der Waals surface area contributed by atoms with Gasteiger partial charge in [0, 0.05) is 6.54 Å². The third-order valence-electron chi connectivity index (χ3n) is 5.16. The molecule has 0 aromatic rings. The number of hydrogen-bond acceptors (Lipinski definition) is 2. The van der Waals surface area contributed by atoms with E-state index in [2.05, 4.69) is 19.2 Å². The van der Waals surface area contributed by atoms with Gasteiger partial charge in [-0.2, -0.15) is 0 Å². The summed E-state index contributed by atoms with van der Waals surface area (Å²) in [4.78, 5) is 27.4. The van der Waals surface area contributed by atoms with Crippen LogP contribution in [0.25, 0.3) is 0 Å². The summed E-state index contributed by atoms with van der Waals surface area (Å²) in [5, 5.41) is 3.01. The second-order valence-electron chi connectivity index (χ2n) is 6.60. The highest BCUT2D eigenvalue weighted by atomic mass is 16.2. The standard InChI is InChI=1S/C16H28N2O2/c1-5-7-10-18-14(19)13(11(3)6-2)17-15(20)16(18,4)12-8-9-12/h11-13H,5-10H2,1-4H3,(H,17,20). The first-order valence-corrected chi connectivity index (χ1v) is 8.09. The Bertz CT molecular complexity index is 392. The average molecular weight is 280 g/mol. The molecule has 0 aromatic carbocycles. The van der Waals surface area contributed by atoms with Crippen molar-refractivity contribution in [2.45, 2.75) is 71.4 Å². The van der Waals surface area contributed by atoms with E-state index < -0.39 is 5.54 Å². The molecule has 0 bridgehead atoms. The zero-order valence-electron chi connectivity index (χ0n) is 13.2. The number of amides is 2. The molecule has 2 fully saturated rings. The average Bonchev–Trinajstić information content (AvgIpc) is 3.26. The Labute approximate surface area is 122 Å². The fourth-order valence-corrected chi connectivity index (χ4v) is 3.20. The van der Waals surface area contributed by atoms with Gasteiger partial charge in [0.2, 0.25) is 11.8 Å². The van der Waals surface area contributed by atoms with E-state index in [-0.39, 0.29) is 23.8 Å². The minimum absolute atomic E-state index is 0.0565. The van der Waals surface area contributed by atoms with Gasteiger partial charge in [0.1, 0.15) is 11.6 Å². The SMILES string of the molecule is CCCCN1C(=O)C(C(C)CC)NC(=O)C1(C)C1CC1. The van der Waals surface area contributed by atoms with Crippen LogP contribution in [0.4, 0.5) is 0 Å². The Morgan fingerprint density at radius 1 is 1.35 bits per heavy atom. The molecule has 0 spiro atoms. The van der Waals surface area contributed by atoms with Crippen molar-refractivity contribution in [3.63, 3.8) is 0 Å². The predicted octanol–water partition coefficient (Wildman–Crippen LogP) is 2.33. The Morgan fingerprint density at radius 3 is 2.50 bits per heavy atom. The smallest absolute Gasteiger partial charge is 0.246 e. The van der Waals surface area contributed by atoms with Gasteiger partial charge < -0.3 is 10.2 Å². The number of rotatable bonds is 6. The first-order chi connectivity index (χ1) is 9.46.